The predicted molar refractivity (Wildman–Crippen MR) is 79.3 cm³/mol. The van der Waals surface area contributed by atoms with Crippen LogP contribution in [0.3, 0.4) is 0 Å². The lowest BCUT2D eigenvalue weighted by molar-refractivity contribution is 0.645. The van der Waals surface area contributed by atoms with Crippen molar-refractivity contribution in [2.24, 2.45) is 0 Å². The van der Waals surface area contributed by atoms with Crippen LogP contribution in [0.1, 0.15) is 34.4 Å². The highest BCUT2D eigenvalue weighted by molar-refractivity contribution is 5.33. The number of nitrogens with one attached hydrogen (secondary N) is 2. The van der Waals surface area contributed by atoms with E-state index in [-0.39, 0.29) is 0 Å². The Morgan fingerprint density at radius 2 is 1.89 bits per heavy atom. The quantitative estimate of drug-likeness (QED) is 0.781. The maximum Gasteiger partial charge on any atom is 0.0522 e. The molecule has 2 N–H and O–H groups in total. The number of nitrogens with zero attached hydrogens (tertiary/aromatic N) is 1. The topological polar surface area (TPSA) is 40.7 Å². The SMILES string of the molecule is Cc1cccc(C)c1CNCCCc1cn[nH]c1C. The smallest absolute Gasteiger partial charge is 0.0522 e. The second-order valence-corrected chi connectivity index (χ2v) is 5.17. The summed E-state index contributed by atoms with van der Waals surface area (Å²) >= 11 is 0. The zero-order valence-electron chi connectivity index (χ0n) is 12.1. The van der Waals surface area contributed by atoms with E-state index in [1.807, 2.05) is 6.20 Å². The van der Waals surface area contributed by atoms with E-state index in [4.69, 9.17) is 0 Å². The molecule has 3 nitrogen and oxygen atoms in total. The number of hydrogen-bond acceptors (Lipinski definition) is 2. The van der Waals surface area contributed by atoms with Crippen molar-refractivity contribution in [2.75, 3.05) is 6.54 Å². The molecule has 0 radical (unpaired) electrons. The molecule has 3 heteroatoms. The van der Waals surface area contributed by atoms with E-state index in [1.54, 1.807) is 0 Å². The van der Waals surface area contributed by atoms with Crippen LogP contribution in [-0.2, 0) is 13.0 Å². The van der Waals surface area contributed by atoms with Gasteiger partial charge in [0.05, 0.1) is 6.20 Å². The van der Waals surface area contributed by atoms with Gasteiger partial charge in [0.25, 0.3) is 0 Å². The average molecular weight is 257 g/mol. The molecule has 0 saturated carbocycles. The van der Waals surface area contributed by atoms with Crippen LogP contribution in [0.5, 0.6) is 0 Å². The lowest BCUT2D eigenvalue weighted by atomic mass is 10.0. The van der Waals surface area contributed by atoms with Crippen molar-refractivity contribution in [3.05, 3.63) is 52.3 Å². The Morgan fingerprint density at radius 1 is 1.16 bits per heavy atom. The molecule has 102 valence electrons. The molecule has 19 heavy (non-hydrogen) atoms. The number of aryl methyl sites for hydroxylation is 4. The predicted octanol–water partition coefficient (Wildman–Crippen LogP) is 3.06. The molecular formula is C16H23N3. The van der Waals surface area contributed by atoms with Gasteiger partial charge in [-0.3, -0.25) is 5.10 Å². The van der Waals surface area contributed by atoms with Gasteiger partial charge in [-0.05, 0) is 62.4 Å². The Labute approximate surface area is 115 Å². The van der Waals surface area contributed by atoms with Crippen molar-refractivity contribution in [1.29, 1.82) is 0 Å². The molecule has 0 saturated heterocycles. The minimum Gasteiger partial charge on any atom is -0.313 e. The van der Waals surface area contributed by atoms with Crippen LogP contribution in [0.15, 0.2) is 24.4 Å². The minimum atomic E-state index is 0.961. The summed E-state index contributed by atoms with van der Waals surface area (Å²) in [6.45, 7) is 8.44. The van der Waals surface area contributed by atoms with Crippen molar-refractivity contribution < 1.29 is 0 Å². The third-order valence-electron chi connectivity index (χ3n) is 3.68. The Morgan fingerprint density at radius 3 is 2.53 bits per heavy atom. The summed E-state index contributed by atoms with van der Waals surface area (Å²) in [6, 6.07) is 6.48. The van der Waals surface area contributed by atoms with Crippen LogP contribution in [0.25, 0.3) is 0 Å². The van der Waals surface area contributed by atoms with E-state index in [0.717, 1.165) is 25.9 Å². The third-order valence-corrected chi connectivity index (χ3v) is 3.68. The van der Waals surface area contributed by atoms with E-state index < -0.39 is 0 Å². The Hall–Kier alpha value is -1.61. The highest BCUT2D eigenvalue weighted by atomic mass is 15.1. The fourth-order valence-corrected chi connectivity index (χ4v) is 2.37. The fourth-order valence-electron chi connectivity index (χ4n) is 2.37. The van der Waals surface area contributed by atoms with E-state index in [9.17, 15) is 0 Å². The first-order chi connectivity index (χ1) is 9.18. The van der Waals surface area contributed by atoms with Crippen molar-refractivity contribution in [1.82, 2.24) is 15.5 Å². The van der Waals surface area contributed by atoms with Crippen LogP contribution in [-0.4, -0.2) is 16.7 Å². The van der Waals surface area contributed by atoms with Crippen LogP contribution >= 0.6 is 0 Å². The molecule has 0 fully saturated rings. The van der Waals surface area contributed by atoms with Gasteiger partial charge in [0, 0.05) is 12.2 Å². The zero-order chi connectivity index (χ0) is 13.7. The third kappa shape index (κ3) is 3.67. The lowest BCUT2D eigenvalue weighted by Crippen LogP contribution is -2.16. The van der Waals surface area contributed by atoms with Gasteiger partial charge in [-0.2, -0.15) is 5.10 Å². The molecule has 0 aliphatic heterocycles. The molecule has 0 aliphatic rings. The normalized spacial score (nSPS) is 10.9. The number of benzene rings is 1. The Kier molecular flexibility index (Phi) is 4.74. The summed E-state index contributed by atoms with van der Waals surface area (Å²) in [5.41, 5.74) is 6.70. The molecule has 0 aliphatic carbocycles. The molecule has 0 atom stereocenters. The molecule has 1 heterocycles. The molecule has 0 bridgehead atoms. The van der Waals surface area contributed by atoms with Gasteiger partial charge >= 0.3 is 0 Å². The summed E-state index contributed by atoms with van der Waals surface area (Å²) < 4.78 is 0. The summed E-state index contributed by atoms with van der Waals surface area (Å²) in [6.07, 6.45) is 4.16. The molecule has 1 aromatic heterocycles. The van der Waals surface area contributed by atoms with E-state index in [1.165, 1.54) is 27.9 Å². The van der Waals surface area contributed by atoms with Crippen LogP contribution in [0.4, 0.5) is 0 Å². The maximum atomic E-state index is 4.05. The molecule has 2 aromatic rings. The number of aromatic nitrogens is 2. The summed E-state index contributed by atoms with van der Waals surface area (Å²) in [7, 11) is 0. The second-order valence-electron chi connectivity index (χ2n) is 5.17. The molecule has 0 spiro atoms. The van der Waals surface area contributed by atoms with Gasteiger partial charge in [0.15, 0.2) is 0 Å². The Bertz CT molecular complexity index is 508. The van der Waals surface area contributed by atoms with Gasteiger partial charge in [0.2, 0.25) is 0 Å². The van der Waals surface area contributed by atoms with Crippen molar-refractivity contribution in [3.63, 3.8) is 0 Å². The second kappa shape index (κ2) is 6.53. The highest BCUT2D eigenvalue weighted by Crippen LogP contribution is 2.12. The minimum absolute atomic E-state index is 0.961. The van der Waals surface area contributed by atoms with Gasteiger partial charge < -0.3 is 5.32 Å². The average Bonchev–Trinajstić information content (AvgIpc) is 2.78. The van der Waals surface area contributed by atoms with Crippen molar-refractivity contribution in [2.45, 2.75) is 40.2 Å². The zero-order valence-corrected chi connectivity index (χ0v) is 12.1. The van der Waals surface area contributed by atoms with E-state index in [2.05, 4.69) is 54.5 Å². The van der Waals surface area contributed by atoms with E-state index in [0.29, 0.717) is 0 Å². The number of aromatic amines is 1. The fraction of sp³-hybridized carbons (Fsp3) is 0.438. The van der Waals surface area contributed by atoms with Crippen LogP contribution in [0, 0.1) is 20.8 Å². The van der Waals surface area contributed by atoms with Crippen LogP contribution in [0.2, 0.25) is 0 Å². The largest absolute Gasteiger partial charge is 0.313 e. The standard InChI is InChI=1S/C16H23N3/c1-12-6-4-7-13(2)16(12)11-17-9-5-8-15-10-18-19-14(15)3/h4,6-7,10,17H,5,8-9,11H2,1-3H3,(H,18,19). The maximum absolute atomic E-state index is 4.05. The molecule has 1 aromatic carbocycles. The van der Waals surface area contributed by atoms with Gasteiger partial charge in [-0.15, -0.1) is 0 Å². The number of rotatable bonds is 6. The highest BCUT2D eigenvalue weighted by Gasteiger charge is 2.02. The monoisotopic (exact) mass is 257 g/mol. The van der Waals surface area contributed by atoms with Gasteiger partial charge in [-0.25, -0.2) is 0 Å². The summed E-state index contributed by atoms with van der Waals surface area (Å²) in [4.78, 5) is 0. The van der Waals surface area contributed by atoms with Crippen molar-refractivity contribution >= 4 is 0 Å². The first-order valence-electron chi connectivity index (χ1n) is 6.93. The van der Waals surface area contributed by atoms with Gasteiger partial charge in [-0.1, -0.05) is 18.2 Å². The van der Waals surface area contributed by atoms with Gasteiger partial charge in [0.1, 0.15) is 0 Å². The lowest BCUT2D eigenvalue weighted by Gasteiger charge is -2.10. The first kappa shape index (κ1) is 13.8. The summed E-state index contributed by atoms with van der Waals surface area (Å²) in [5, 5.41) is 10.6. The Balaban J connectivity index is 1.74. The number of H-pyrrole nitrogens is 1. The van der Waals surface area contributed by atoms with Crippen LogP contribution < -0.4 is 5.32 Å². The van der Waals surface area contributed by atoms with E-state index >= 15 is 0 Å². The molecule has 2 rings (SSSR count). The molecule has 0 amide bonds. The number of hydrogen-bond donors (Lipinski definition) is 2. The molecule has 0 unspecified atom stereocenters. The van der Waals surface area contributed by atoms with Crippen molar-refractivity contribution in [3.8, 4) is 0 Å². The molecular weight excluding hydrogens is 234 g/mol. The summed E-state index contributed by atoms with van der Waals surface area (Å²) in [5.74, 6) is 0. The first-order valence-corrected chi connectivity index (χ1v) is 6.93.